The molecule has 0 saturated carbocycles. The average Bonchev–Trinajstić information content (AvgIpc) is 2.97. The van der Waals surface area contributed by atoms with Crippen molar-refractivity contribution in [2.45, 2.75) is 38.8 Å². The molecule has 0 aromatic heterocycles. The number of likely N-dealkylation sites (N-methyl/N-ethyl adjacent to an activating group) is 1. The van der Waals surface area contributed by atoms with Crippen LogP contribution in [0.15, 0.2) is 48.5 Å². The fraction of sp³-hybridized carbons (Fsp3) is 0.419. The molecule has 2 rings (SSSR count). The van der Waals surface area contributed by atoms with Gasteiger partial charge in [-0.15, -0.1) is 0 Å². The maximum Gasteiger partial charge on any atom is 0.251 e. The number of carbonyl (C=O) groups excluding carboxylic acids is 5. The molecular formula is C31H42N7O5+. The zero-order valence-electron chi connectivity index (χ0n) is 25.6. The van der Waals surface area contributed by atoms with E-state index in [1.807, 2.05) is 51.5 Å². The van der Waals surface area contributed by atoms with Crippen molar-refractivity contribution < 1.29 is 24.0 Å². The highest BCUT2D eigenvalue weighted by Gasteiger charge is 2.27. The molecule has 5 N–H and O–H groups in total. The molecule has 0 radical (unpaired) electrons. The second-order valence-electron chi connectivity index (χ2n) is 11.3. The van der Waals surface area contributed by atoms with Gasteiger partial charge in [0.1, 0.15) is 29.4 Å². The normalized spacial score (nSPS) is 12.3. The smallest absolute Gasteiger partial charge is 0.251 e. The van der Waals surface area contributed by atoms with Gasteiger partial charge in [-0.2, -0.15) is 5.26 Å². The van der Waals surface area contributed by atoms with Crippen molar-refractivity contribution in [1.82, 2.24) is 31.1 Å². The zero-order chi connectivity index (χ0) is 32.2. The lowest BCUT2D eigenvalue weighted by Crippen LogP contribution is -2.51. The van der Waals surface area contributed by atoms with Crippen LogP contribution in [-0.4, -0.2) is 82.9 Å². The van der Waals surface area contributed by atoms with E-state index in [-0.39, 0.29) is 43.3 Å². The maximum atomic E-state index is 13.0. The highest BCUT2D eigenvalue weighted by atomic mass is 16.2. The third-order valence-electron chi connectivity index (χ3n) is 6.63. The van der Waals surface area contributed by atoms with Crippen molar-refractivity contribution in [2.75, 3.05) is 41.3 Å². The zero-order valence-corrected chi connectivity index (χ0v) is 25.6. The Morgan fingerprint density at radius 3 is 2.14 bits per heavy atom. The van der Waals surface area contributed by atoms with Crippen molar-refractivity contribution in [3.05, 3.63) is 65.2 Å². The molecule has 0 aliphatic rings. The van der Waals surface area contributed by atoms with Crippen LogP contribution in [0, 0.1) is 17.2 Å². The summed E-state index contributed by atoms with van der Waals surface area (Å²) < 4.78 is 0.406. The Labute approximate surface area is 252 Å². The van der Waals surface area contributed by atoms with Crippen LogP contribution in [0.1, 0.15) is 41.8 Å². The molecule has 12 heteroatoms. The van der Waals surface area contributed by atoms with Gasteiger partial charge in [-0.05, 0) is 23.6 Å². The van der Waals surface area contributed by atoms with E-state index in [9.17, 15) is 29.2 Å². The molecule has 2 aromatic carbocycles. The van der Waals surface area contributed by atoms with Gasteiger partial charge in [-0.25, -0.2) is 0 Å². The lowest BCUT2D eigenvalue weighted by molar-refractivity contribution is -0.130. The number of hydrogen-bond donors (Lipinski definition) is 5. The molecule has 2 aromatic rings. The largest absolute Gasteiger partial charge is 0.358 e. The maximum absolute atomic E-state index is 13.0. The SMILES string of the molecule is CNC(=O)CNC(=O)[C@H](Cc1ccccc1)NC(=O)CCNC(=O)[C@@H](NC(=O)c1ccc([N+](C)(C)C)c(C#N)c1)C(C)C. The number of quaternary nitrogens is 1. The Morgan fingerprint density at radius 2 is 1.56 bits per heavy atom. The first-order valence-electron chi connectivity index (χ1n) is 14.0. The Hall–Kier alpha value is -4.76. The van der Waals surface area contributed by atoms with Crippen LogP contribution in [0.2, 0.25) is 0 Å². The summed E-state index contributed by atoms with van der Waals surface area (Å²) in [5, 5.41) is 22.6. The molecule has 230 valence electrons. The second-order valence-corrected chi connectivity index (χ2v) is 11.3. The van der Waals surface area contributed by atoms with Crippen molar-refractivity contribution in [3.63, 3.8) is 0 Å². The van der Waals surface area contributed by atoms with Crippen LogP contribution in [0.25, 0.3) is 0 Å². The summed E-state index contributed by atoms with van der Waals surface area (Å²) in [6, 6.07) is 14.3. The number of amides is 5. The number of rotatable bonds is 14. The molecule has 0 aliphatic carbocycles. The van der Waals surface area contributed by atoms with E-state index >= 15 is 0 Å². The monoisotopic (exact) mass is 592 g/mol. The first kappa shape index (κ1) is 34.4. The van der Waals surface area contributed by atoms with E-state index < -0.39 is 35.7 Å². The molecule has 0 heterocycles. The number of carbonyl (C=O) groups is 5. The summed E-state index contributed by atoms with van der Waals surface area (Å²) in [4.78, 5) is 63.0. The first-order valence-corrected chi connectivity index (χ1v) is 14.0. The molecule has 0 bridgehead atoms. The fourth-order valence-corrected chi connectivity index (χ4v) is 4.23. The van der Waals surface area contributed by atoms with E-state index in [4.69, 9.17) is 0 Å². The van der Waals surface area contributed by atoms with Crippen LogP contribution >= 0.6 is 0 Å². The number of nitrogens with zero attached hydrogens (tertiary/aromatic N) is 2. The van der Waals surface area contributed by atoms with Gasteiger partial charge in [0.05, 0.1) is 27.7 Å². The predicted molar refractivity (Wildman–Crippen MR) is 164 cm³/mol. The summed E-state index contributed by atoms with van der Waals surface area (Å²) in [5.74, 6) is -2.59. The van der Waals surface area contributed by atoms with Gasteiger partial charge in [0.15, 0.2) is 0 Å². The Bertz CT molecular complexity index is 1350. The van der Waals surface area contributed by atoms with Crippen molar-refractivity contribution in [2.24, 2.45) is 5.92 Å². The van der Waals surface area contributed by atoms with Crippen molar-refractivity contribution >= 4 is 35.2 Å². The van der Waals surface area contributed by atoms with Crippen LogP contribution in [-0.2, 0) is 25.6 Å². The molecule has 5 amide bonds. The topological polar surface area (TPSA) is 169 Å². The highest BCUT2D eigenvalue weighted by molar-refractivity contribution is 5.98. The minimum Gasteiger partial charge on any atom is -0.358 e. The van der Waals surface area contributed by atoms with Gasteiger partial charge in [0.2, 0.25) is 23.6 Å². The van der Waals surface area contributed by atoms with Gasteiger partial charge in [0.25, 0.3) is 5.91 Å². The van der Waals surface area contributed by atoms with Crippen LogP contribution in [0.3, 0.4) is 0 Å². The molecule has 43 heavy (non-hydrogen) atoms. The van der Waals surface area contributed by atoms with E-state index in [0.717, 1.165) is 11.3 Å². The Balaban J connectivity index is 2.00. The molecule has 0 saturated heterocycles. The Kier molecular flexibility index (Phi) is 12.8. The van der Waals surface area contributed by atoms with E-state index in [1.54, 1.807) is 26.0 Å². The molecule has 2 atom stereocenters. The third-order valence-corrected chi connectivity index (χ3v) is 6.63. The number of hydrogen-bond acceptors (Lipinski definition) is 6. The van der Waals surface area contributed by atoms with Gasteiger partial charge in [-0.1, -0.05) is 44.2 Å². The Morgan fingerprint density at radius 1 is 0.884 bits per heavy atom. The van der Waals surface area contributed by atoms with Crippen LogP contribution in [0.4, 0.5) is 5.69 Å². The molecule has 0 spiro atoms. The lowest BCUT2D eigenvalue weighted by Gasteiger charge is -2.25. The quantitative estimate of drug-likeness (QED) is 0.201. The number of nitriles is 1. The summed E-state index contributed by atoms with van der Waals surface area (Å²) in [6.45, 7) is 3.30. The van der Waals surface area contributed by atoms with E-state index in [2.05, 4.69) is 32.7 Å². The van der Waals surface area contributed by atoms with Crippen LogP contribution < -0.4 is 31.1 Å². The van der Waals surface area contributed by atoms with Gasteiger partial charge < -0.3 is 26.6 Å². The van der Waals surface area contributed by atoms with Gasteiger partial charge in [-0.3, -0.25) is 28.5 Å². The molecule has 0 aliphatic heterocycles. The summed E-state index contributed by atoms with van der Waals surface area (Å²) in [7, 11) is 7.21. The lowest BCUT2D eigenvalue weighted by atomic mass is 10.0. The molecule has 0 fully saturated rings. The standard InChI is InChI=1S/C31H41N7O5/c1-20(2)28(37-29(41)22-12-13-25(38(4,5)6)23(17-22)18-32)31(43)34-15-14-26(39)36-24(16-21-10-8-7-9-11-21)30(42)35-19-27(40)33-3/h7-13,17,20,24,28H,14-16,19H2,1-6H3,(H4-,33,34,35,36,37,39,40,41,42,43)/p+1/t24-,28-/m0/s1. The minimum atomic E-state index is -0.931. The molecule has 12 nitrogen and oxygen atoms in total. The van der Waals surface area contributed by atoms with E-state index in [1.165, 1.54) is 13.1 Å². The highest BCUT2D eigenvalue weighted by Crippen LogP contribution is 2.23. The summed E-state index contributed by atoms with van der Waals surface area (Å²) in [6.07, 6.45) is 0.0970. The average molecular weight is 593 g/mol. The van der Waals surface area contributed by atoms with Crippen molar-refractivity contribution in [1.29, 1.82) is 5.26 Å². The summed E-state index contributed by atoms with van der Waals surface area (Å²) >= 11 is 0. The fourth-order valence-electron chi connectivity index (χ4n) is 4.23. The van der Waals surface area contributed by atoms with Crippen molar-refractivity contribution in [3.8, 4) is 6.07 Å². The second kappa shape index (κ2) is 16.0. The van der Waals surface area contributed by atoms with Gasteiger partial charge in [0, 0.05) is 38.1 Å². The van der Waals surface area contributed by atoms with Crippen LogP contribution in [0.5, 0.6) is 0 Å². The number of nitrogens with one attached hydrogen (secondary N) is 5. The van der Waals surface area contributed by atoms with E-state index in [0.29, 0.717) is 10.0 Å². The minimum absolute atomic E-state index is 0.0293. The van der Waals surface area contributed by atoms with Gasteiger partial charge >= 0.3 is 0 Å². The number of benzene rings is 2. The molecular weight excluding hydrogens is 550 g/mol. The summed E-state index contributed by atoms with van der Waals surface area (Å²) in [5.41, 5.74) is 2.20. The predicted octanol–water partition coefficient (Wildman–Crippen LogP) is 0.605. The molecule has 0 unspecified atom stereocenters. The third kappa shape index (κ3) is 10.9. The first-order chi connectivity index (χ1) is 20.3.